The Morgan fingerprint density at radius 2 is 1.80 bits per heavy atom. The third-order valence-corrected chi connectivity index (χ3v) is 3.64. The summed E-state index contributed by atoms with van der Waals surface area (Å²) in [4.78, 5) is 12.1. The van der Waals surface area contributed by atoms with E-state index in [2.05, 4.69) is 21.2 Å². The summed E-state index contributed by atoms with van der Waals surface area (Å²) in [5.74, 6) is 0.808. The normalized spacial score (nSPS) is 11.1. The molecule has 1 rings (SSSR count). The minimum Gasteiger partial charge on any atom is -0.495 e. The third-order valence-electron chi connectivity index (χ3n) is 2.86. The van der Waals surface area contributed by atoms with Crippen molar-refractivity contribution in [2.45, 2.75) is 13.8 Å². The number of hydrogen-bond acceptors (Lipinski definition) is 4. The average Bonchev–Trinajstić information content (AvgIpc) is 2.45. The summed E-state index contributed by atoms with van der Waals surface area (Å²) < 4.78 is 11.1. The molecule has 2 N–H and O–H groups in total. The predicted octanol–water partition coefficient (Wildman–Crippen LogP) is 2.21. The Hall–Kier alpha value is -1.27. The second-order valence-corrected chi connectivity index (χ2v) is 5.99. The molecule has 0 heterocycles. The van der Waals surface area contributed by atoms with Crippen LogP contribution < -0.4 is 14.8 Å². The number of ether oxygens (including phenoxy) is 2. The maximum absolute atomic E-state index is 12.1. The summed E-state index contributed by atoms with van der Waals surface area (Å²) in [6, 6.07) is 3.27. The highest BCUT2D eigenvalue weighted by molar-refractivity contribution is 9.10. The second kappa shape index (κ2) is 6.95. The molecule has 112 valence electrons. The maximum atomic E-state index is 12.1. The highest BCUT2D eigenvalue weighted by Crippen LogP contribution is 2.35. The van der Waals surface area contributed by atoms with Gasteiger partial charge >= 0.3 is 0 Å². The van der Waals surface area contributed by atoms with Gasteiger partial charge in [0, 0.05) is 24.1 Å². The van der Waals surface area contributed by atoms with Crippen LogP contribution in [0.3, 0.4) is 0 Å². The number of aliphatic hydroxyl groups excluding tert-OH is 1. The largest absolute Gasteiger partial charge is 0.495 e. The number of amides is 1. The SMILES string of the molecule is COc1cc(C(=O)NCC(C)(C)CO)cc(OC)c1Br. The summed E-state index contributed by atoms with van der Waals surface area (Å²) >= 11 is 3.35. The van der Waals surface area contributed by atoms with Crippen LogP contribution in [0, 0.1) is 5.41 Å². The Morgan fingerprint density at radius 3 is 2.20 bits per heavy atom. The predicted molar refractivity (Wildman–Crippen MR) is 80.4 cm³/mol. The highest BCUT2D eigenvalue weighted by Gasteiger charge is 2.19. The fraction of sp³-hybridized carbons (Fsp3) is 0.500. The summed E-state index contributed by atoms with van der Waals surface area (Å²) in [6.07, 6.45) is 0. The van der Waals surface area contributed by atoms with Crippen LogP contribution in [-0.2, 0) is 0 Å². The van der Waals surface area contributed by atoms with Crippen LogP contribution in [-0.4, -0.2) is 38.4 Å². The first-order valence-corrected chi connectivity index (χ1v) is 6.94. The average molecular weight is 346 g/mol. The molecule has 0 aliphatic carbocycles. The molecule has 0 aliphatic rings. The van der Waals surface area contributed by atoms with Gasteiger partial charge in [-0.05, 0) is 28.1 Å². The van der Waals surface area contributed by atoms with Crippen LogP contribution in [0.4, 0.5) is 0 Å². The van der Waals surface area contributed by atoms with Crippen molar-refractivity contribution in [3.8, 4) is 11.5 Å². The molecule has 0 radical (unpaired) electrons. The number of hydrogen-bond donors (Lipinski definition) is 2. The Kier molecular flexibility index (Phi) is 5.83. The standard InChI is InChI=1S/C14H20BrNO4/c1-14(2,8-17)7-16-13(18)9-5-10(19-3)12(15)11(6-9)20-4/h5-6,17H,7-8H2,1-4H3,(H,16,18). The number of aliphatic hydroxyl groups is 1. The molecule has 0 spiro atoms. The van der Waals surface area contributed by atoms with Gasteiger partial charge < -0.3 is 19.9 Å². The van der Waals surface area contributed by atoms with Crippen LogP contribution in [0.5, 0.6) is 11.5 Å². The van der Waals surface area contributed by atoms with Gasteiger partial charge in [0.2, 0.25) is 0 Å². The van der Waals surface area contributed by atoms with E-state index in [1.165, 1.54) is 14.2 Å². The summed E-state index contributed by atoms with van der Waals surface area (Å²) in [6.45, 7) is 4.12. The fourth-order valence-electron chi connectivity index (χ4n) is 1.48. The quantitative estimate of drug-likeness (QED) is 0.829. The van der Waals surface area contributed by atoms with E-state index >= 15 is 0 Å². The molecule has 0 fully saturated rings. The van der Waals surface area contributed by atoms with Gasteiger partial charge in [-0.1, -0.05) is 13.8 Å². The number of benzene rings is 1. The Morgan fingerprint density at radius 1 is 1.30 bits per heavy atom. The van der Waals surface area contributed by atoms with Crippen molar-refractivity contribution in [3.63, 3.8) is 0 Å². The van der Waals surface area contributed by atoms with Gasteiger partial charge in [-0.3, -0.25) is 4.79 Å². The van der Waals surface area contributed by atoms with Gasteiger partial charge in [0.25, 0.3) is 5.91 Å². The molecule has 0 saturated heterocycles. The van der Waals surface area contributed by atoms with Crippen molar-refractivity contribution in [2.24, 2.45) is 5.41 Å². The minimum absolute atomic E-state index is 0.000258. The molecule has 6 heteroatoms. The van der Waals surface area contributed by atoms with Crippen LogP contribution in [0.1, 0.15) is 24.2 Å². The van der Waals surface area contributed by atoms with Crippen molar-refractivity contribution >= 4 is 21.8 Å². The molecule has 0 unspecified atom stereocenters. The van der Waals surface area contributed by atoms with Gasteiger partial charge in [-0.25, -0.2) is 0 Å². The molecule has 1 aromatic carbocycles. The summed E-state index contributed by atoms with van der Waals surface area (Å²) in [5.41, 5.74) is 0.0785. The molecular weight excluding hydrogens is 326 g/mol. The molecule has 0 aromatic heterocycles. The number of halogens is 1. The van der Waals surface area contributed by atoms with E-state index in [0.29, 0.717) is 28.1 Å². The second-order valence-electron chi connectivity index (χ2n) is 5.20. The Balaban J connectivity index is 2.93. The number of nitrogens with one attached hydrogen (secondary N) is 1. The fourth-order valence-corrected chi connectivity index (χ4v) is 2.03. The van der Waals surface area contributed by atoms with Gasteiger partial charge in [0.1, 0.15) is 16.0 Å². The zero-order valence-electron chi connectivity index (χ0n) is 12.1. The molecule has 20 heavy (non-hydrogen) atoms. The van der Waals surface area contributed by atoms with Gasteiger partial charge in [-0.2, -0.15) is 0 Å². The van der Waals surface area contributed by atoms with E-state index < -0.39 is 0 Å². The first kappa shape index (κ1) is 16.8. The number of carbonyl (C=O) groups is 1. The molecule has 1 aromatic rings. The Bertz CT molecular complexity index is 463. The summed E-state index contributed by atoms with van der Waals surface area (Å²) in [7, 11) is 3.05. The minimum atomic E-state index is -0.362. The monoisotopic (exact) mass is 345 g/mol. The van der Waals surface area contributed by atoms with Gasteiger partial charge in [0.05, 0.1) is 14.2 Å². The van der Waals surface area contributed by atoms with Crippen molar-refractivity contribution < 1.29 is 19.4 Å². The zero-order chi connectivity index (χ0) is 15.3. The smallest absolute Gasteiger partial charge is 0.251 e. The van der Waals surface area contributed by atoms with E-state index in [1.54, 1.807) is 12.1 Å². The number of methoxy groups -OCH3 is 2. The lowest BCUT2D eigenvalue weighted by molar-refractivity contribution is 0.0910. The lowest BCUT2D eigenvalue weighted by atomic mass is 9.95. The number of carbonyl (C=O) groups excluding carboxylic acids is 1. The zero-order valence-corrected chi connectivity index (χ0v) is 13.7. The molecule has 0 atom stereocenters. The van der Waals surface area contributed by atoms with Crippen LogP contribution >= 0.6 is 15.9 Å². The lowest BCUT2D eigenvalue weighted by Crippen LogP contribution is -2.36. The molecular formula is C14H20BrNO4. The van der Waals surface area contributed by atoms with E-state index in [0.717, 1.165) is 0 Å². The first-order valence-electron chi connectivity index (χ1n) is 6.15. The van der Waals surface area contributed by atoms with Gasteiger partial charge in [-0.15, -0.1) is 0 Å². The molecule has 5 nitrogen and oxygen atoms in total. The molecule has 1 amide bonds. The summed E-state index contributed by atoms with van der Waals surface area (Å²) in [5, 5.41) is 12.0. The molecule has 0 saturated carbocycles. The van der Waals surface area contributed by atoms with Crippen molar-refractivity contribution in [1.82, 2.24) is 5.32 Å². The Labute approximate surface area is 127 Å². The topological polar surface area (TPSA) is 67.8 Å². The van der Waals surface area contributed by atoms with Crippen LogP contribution in [0.25, 0.3) is 0 Å². The molecule has 0 bridgehead atoms. The lowest BCUT2D eigenvalue weighted by Gasteiger charge is -2.22. The van der Waals surface area contributed by atoms with E-state index in [1.807, 2.05) is 13.8 Å². The number of rotatable bonds is 6. The third kappa shape index (κ3) is 4.11. The van der Waals surface area contributed by atoms with Crippen molar-refractivity contribution in [1.29, 1.82) is 0 Å². The van der Waals surface area contributed by atoms with E-state index in [9.17, 15) is 9.90 Å². The van der Waals surface area contributed by atoms with Gasteiger partial charge in [0.15, 0.2) is 0 Å². The maximum Gasteiger partial charge on any atom is 0.251 e. The first-order chi connectivity index (χ1) is 9.34. The molecule has 0 aliphatic heterocycles. The van der Waals surface area contributed by atoms with E-state index in [-0.39, 0.29) is 17.9 Å². The highest BCUT2D eigenvalue weighted by atomic mass is 79.9. The van der Waals surface area contributed by atoms with Crippen molar-refractivity contribution in [2.75, 3.05) is 27.4 Å². The van der Waals surface area contributed by atoms with Crippen molar-refractivity contribution in [3.05, 3.63) is 22.2 Å². The van der Waals surface area contributed by atoms with Crippen LogP contribution in [0.15, 0.2) is 16.6 Å². The van der Waals surface area contributed by atoms with Crippen LogP contribution in [0.2, 0.25) is 0 Å². The van der Waals surface area contributed by atoms with E-state index in [4.69, 9.17) is 9.47 Å².